The van der Waals surface area contributed by atoms with Crippen molar-refractivity contribution in [3.63, 3.8) is 0 Å². The lowest BCUT2D eigenvalue weighted by molar-refractivity contribution is -0.107. The van der Waals surface area contributed by atoms with Crippen LogP contribution in [0.5, 0.6) is 0 Å². The molecule has 0 saturated heterocycles. The highest BCUT2D eigenvalue weighted by molar-refractivity contribution is 6.08. The van der Waals surface area contributed by atoms with Crippen LogP contribution in [0.3, 0.4) is 0 Å². The SMILES string of the molecule is C=CCn1c2ccccc2c2ccnc(C(OC)OC)c21. The molecule has 0 spiro atoms. The van der Waals surface area contributed by atoms with Crippen molar-refractivity contribution in [2.45, 2.75) is 12.8 Å². The van der Waals surface area contributed by atoms with Crippen LogP contribution in [0.1, 0.15) is 12.0 Å². The zero-order valence-corrected chi connectivity index (χ0v) is 12.2. The molecule has 2 aromatic heterocycles. The fourth-order valence-electron chi connectivity index (χ4n) is 2.84. The van der Waals surface area contributed by atoms with Gasteiger partial charge in [-0.25, -0.2) is 0 Å². The molecule has 4 nitrogen and oxygen atoms in total. The summed E-state index contributed by atoms with van der Waals surface area (Å²) in [6.45, 7) is 4.57. The Morgan fingerprint density at radius 1 is 1.19 bits per heavy atom. The van der Waals surface area contributed by atoms with Crippen LogP contribution in [0.4, 0.5) is 0 Å². The summed E-state index contributed by atoms with van der Waals surface area (Å²) in [5, 5.41) is 2.35. The molecule has 0 radical (unpaired) electrons. The quantitative estimate of drug-likeness (QED) is 0.529. The first-order chi connectivity index (χ1) is 10.3. The van der Waals surface area contributed by atoms with E-state index in [0.29, 0.717) is 6.54 Å². The highest BCUT2D eigenvalue weighted by Crippen LogP contribution is 2.33. The van der Waals surface area contributed by atoms with Gasteiger partial charge in [-0.2, -0.15) is 0 Å². The minimum atomic E-state index is -0.485. The van der Waals surface area contributed by atoms with E-state index in [9.17, 15) is 0 Å². The third kappa shape index (κ3) is 2.13. The fourth-order valence-corrected chi connectivity index (χ4v) is 2.84. The van der Waals surface area contributed by atoms with Crippen molar-refractivity contribution in [2.75, 3.05) is 14.2 Å². The highest BCUT2D eigenvalue weighted by Gasteiger charge is 2.20. The van der Waals surface area contributed by atoms with Gasteiger partial charge in [-0.15, -0.1) is 6.58 Å². The number of ether oxygens (including phenoxy) is 2. The maximum atomic E-state index is 5.40. The van der Waals surface area contributed by atoms with Gasteiger partial charge in [-0.1, -0.05) is 24.3 Å². The van der Waals surface area contributed by atoms with Gasteiger partial charge in [0.15, 0.2) is 0 Å². The second-order valence-electron chi connectivity index (χ2n) is 4.81. The molecule has 0 saturated carbocycles. The second-order valence-corrected chi connectivity index (χ2v) is 4.81. The van der Waals surface area contributed by atoms with E-state index in [1.54, 1.807) is 20.4 Å². The third-order valence-electron chi connectivity index (χ3n) is 3.67. The number of rotatable bonds is 5. The van der Waals surface area contributed by atoms with Crippen LogP contribution in [0, 0.1) is 0 Å². The Hall–Kier alpha value is -2.17. The molecule has 0 amide bonds. The average molecular weight is 282 g/mol. The molecule has 0 unspecified atom stereocenters. The summed E-state index contributed by atoms with van der Waals surface area (Å²) in [5.74, 6) is 0. The molecule has 1 aromatic carbocycles. The molecule has 0 aliphatic carbocycles. The topological polar surface area (TPSA) is 36.3 Å². The van der Waals surface area contributed by atoms with Gasteiger partial charge in [0.05, 0.1) is 5.52 Å². The number of methoxy groups -OCH3 is 2. The van der Waals surface area contributed by atoms with Gasteiger partial charge in [0, 0.05) is 43.3 Å². The number of hydrogen-bond donors (Lipinski definition) is 0. The minimum absolute atomic E-state index is 0.485. The van der Waals surface area contributed by atoms with Crippen LogP contribution in [0.2, 0.25) is 0 Å². The smallest absolute Gasteiger partial charge is 0.202 e. The number of para-hydroxylation sites is 1. The van der Waals surface area contributed by atoms with Crippen LogP contribution in [-0.2, 0) is 16.0 Å². The van der Waals surface area contributed by atoms with Crippen molar-refractivity contribution < 1.29 is 9.47 Å². The summed E-state index contributed by atoms with van der Waals surface area (Å²) in [4.78, 5) is 4.48. The molecule has 0 fully saturated rings. The Balaban J connectivity index is 2.43. The molecule has 21 heavy (non-hydrogen) atoms. The van der Waals surface area contributed by atoms with E-state index >= 15 is 0 Å². The molecule has 0 atom stereocenters. The number of aromatic nitrogens is 2. The first-order valence-corrected chi connectivity index (χ1v) is 6.84. The molecule has 0 aliphatic rings. The number of fused-ring (bicyclic) bond motifs is 3. The Bertz CT molecular complexity index is 788. The largest absolute Gasteiger partial charge is 0.350 e. The molecular weight excluding hydrogens is 264 g/mol. The summed E-state index contributed by atoms with van der Waals surface area (Å²) in [6, 6.07) is 10.3. The van der Waals surface area contributed by atoms with Crippen LogP contribution in [0.25, 0.3) is 21.8 Å². The van der Waals surface area contributed by atoms with Crippen LogP contribution < -0.4 is 0 Å². The van der Waals surface area contributed by atoms with E-state index in [0.717, 1.165) is 22.1 Å². The molecule has 4 heteroatoms. The van der Waals surface area contributed by atoms with Gasteiger partial charge in [0.25, 0.3) is 0 Å². The molecule has 2 heterocycles. The molecular formula is C17H18N2O2. The second kappa shape index (κ2) is 5.68. The predicted molar refractivity (Wildman–Crippen MR) is 84.2 cm³/mol. The summed E-state index contributed by atoms with van der Waals surface area (Å²) in [5.41, 5.74) is 2.98. The predicted octanol–water partition coefficient (Wildman–Crippen LogP) is 3.67. The van der Waals surface area contributed by atoms with E-state index < -0.39 is 6.29 Å². The average Bonchev–Trinajstić information content (AvgIpc) is 2.85. The Kier molecular flexibility index (Phi) is 3.73. The maximum Gasteiger partial charge on any atom is 0.202 e. The summed E-state index contributed by atoms with van der Waals surface area (Å²) in [6.07, 6.45) is 3.20. The lowest BCUT2D eigenvalue weighted by Gasteiger charge is -2.15. The molecule has 0 aliphatic heterocycles. The zero-order chi connectivity index (χ0) is 14.8. The third-order valence-corrected chi connectivity index (χ3v) is 3.67. The van der Waals surface area contributed by atoms with Gasteiger partial charge in [0.2, 0.25) is 6.29 Å². The van der Waals surface area contributed by atoms with Gasteiger partial charge in [-0.3, -0.25) is 4.98 Å². The van der Waals surface area contributed by atoms with Crippen molar-refractivity contribution in [3.05, 3.63) is 54.9 Å². The number of hydrogen-bond acceptors (Lipinski definition) is 3. The van der Waals surface area contributed by atoms with E-state index in [1.807, 2.05) is 24.3 Å². The van der Waals surface area contributed by atoms with Crippen LogP contribution in [-0.4, -0.2) is 23.8 Å². The van der Waals surface area contributed by atoms with Gasteiger partial charge >= 0.3 is 0 Å². The number of nitrogens with zero attached hydrogens (tertiary/aromatic N) is 2. The van der Waals surface area contributed by atoms with Gasteiger partial charge < -0.3 is 14.0 Å². The Morgan fingerprint density at radius 2 is 1.95 bits per heavy atom. The lowest BCUT2D eigenvalue weighted by Crippen LogP contribution is -2.09. The molecule has 0 N–H and O–H groups in total. The maximum absolute atomic E-state index is 5.40. The summed E-state index contributed by atoms with van der Waals surface area (Å²) in [7, 11) is 3.24. The van der Waals surface area contributed by atoms with Crippen molar-refractivity contribution in [1.82, 2.24) is 9.55 Å². The molecule has 0 bridgehead atoms. The number of benzene rings is 1. The van der Waals surface area contributed by atoms with E-state index in [1.165, 1.54) is 5.39 Å². The summed E-state index contributed by atoms with van der Waals surface area (Å²) >= 11 is 0. The number of allylic oxidation sites excluding steroid dienone is 1. The van der Waals surface area contributed by atoms with E-state index in [2.05, 4.69) is 28.3 Å². The monoisotopic (exact) mass is 282 g/mol. The zero-order valence-electron chi connectivity index (χ0n) is 12.2. The number of pyridine rings is 1. The summed E-state index contributed by atoms with van der Waals surface area (Å²) < 4.78 is 13.0. The van der Waals surface area contributed by atoms with Crippen molar-refractivity contribution in [3.8, 4) is 0 Å². The lowest BCUT2D eigenvalue weighted by atomic mass is 10.1. The standard InChI is InChI=1S/C17H18N2O2/c1-4-11-19-14-8-6-5-7-12(14)13-9-10-18-15(16(13)19)17(20-2)21-3/h4-10,17H,1,11H2,2-3H3. The van der Waals surface area contributed by atoms with Crippen molar-refractivity contribution in [1.29, 1.82) is 0 Å². The first kappa shape index (κ1) is 13.8. The Labute approximate surface area is 123 Å². The van der Waals surface area contributed by atoms with Crippen molar-refractivity contribution in [2.24, 2.45) is 0 Å². The minimum Gasteiger partial charge on any atom is -0.350 e. The first-order valence-electron chi connectivity index (χ1n) is 6.84. The Morgan fingerprint density at radius 3 is 2.67 bits per heavy atom. The molecule has 108 valence electrons. The van der Waals surface area contributed by atoms with E-state index in [-0.39, 0.29) is 0 Å². The fraction of sp³-hybridized carbons (Fsp3) is 0.235. The highest BCUT2D eigenvalue weighted by atomic mass is 16.7. The molecule has 3 aromatic rings. The molecule has 3 rings (SSSR count). The van der Waals surface area contributed by atoms with Crippen molar-refractivity contribution >= 4 is 21.8 Å². The normalized spacial score (nSPS) is 11.6. The van der Waals surface area contributed by atoms with Gasteiger partial charge in [-0.05, 0) is 12.1 Å². The van der Waals surface area contributed by atoms with E-state index in [4.69, 9.17) is 9.47 Å². The van der Waals surface area contributed by atoms with Crippen LogP contribution >= 0.6 is 0 Å². The van der Waals surface area contributed by atoms with Crippen LogP contribution in [0.15, 0.2) is 49.2 Å². The van der Waals surface area contributed by atoms with Gasteiger partial charge in [0.1, 0.15) is 5.69 Å².